The first-order valence-electron chi connectivity index (χ1n) is 5.89. The van der Waals surface area contributed by atoms with Crippen LogP contribution < -0.4 is 11.1 Å². The summed E-state index contributed by atoms with van der Waals surface area (Å²) in [6.07, 6.45) is 0.557. The van der Waals surface area contributed by atoms with Crippen LogP contribution in [0.25, 0.3) is 0 Å². The van der Waals surface area contributed by atoms with Crippen LogP contribution >= 0.6 is 12.4 Å². The van der Waals surface area contributed by atoms with Gasteiger partial charge in [0, 0.05) is 13.2 Å². The topological polar surface area (TPSA) is 64.3 Å². The van der Waals surface area contributed by atoms with Crippen molar-refractivity contribution in [1.29, 1.82) is 0 Å². The average molecular weight is 273 g/mol. The maximum Gasteiger partial charge on any atom is 0.237 e. The summed E-state index contributed by atoms with van der Waals surface area (Å²) < 4.78 is 5.13. The van der Waals surface area contributed by atoms with Gasteiger partial charge in [-0.05, 0) is 18.9 Å². The quantitative estimate of drug-likeness (QED) is 0.732. The van der Waals surface area contributed by atoms with Gasteiger partial charge in [0.1, 0.15) is 0 Å². The van der Waals surface area contributed by atoms with Crippen LogP contribution in [0.4, 0.5) is 0 Å². The minimum atomic E-state index is -0.501. The molecular weight excluding hydrogens is 252 g/mol. The van der Waals surface area contributed by atoms with Crippen molar-refractivity contribution >= 4 is 18.3 Å². The molecule has 102 valence electrons. The summed E-state index contributed by atoms with van der Waals surface area (Å²) >= 11 is 0. The second-order valence-electron chi connectivity index (χ2n) is 3.78. The third-order valence-corrected chi connectivity index (χ3v) is 2.38. The van der Waals surface area contributed by atoms with Gasteiger partial charge in [-0.3, -0.25) is 4.79 Å². The van der Waals surface area contributed by atoms with Crippen LogP contribution in [0.3, 0.4) is 0 Å². The van der Waals surface area contributed by atoms with Crippen molar-refractivity contribution in [2.75, 3.05) is 19.8 Å². The smallest absolute Gasteiger partial charge is 0.237 e. The molecule has 0 saturated carbocycles. The van der Waals surface area contributed by atoms with Gasteiger partial charge in [-0.1, -0.05) is 30.3 Å². The van der Waals surface area contributed by atoms with Crippen LogP contribution in [-0.2, 0) is 16.0 Å². The number of carbonyl (C=O) groups is 1. The second kappa shape index (κ2) is 9.88. The first-order chi connectivity index (χ1) is 8.24. The summed E-state index contributed by atoms with van der Waals surface area (Å²) in [7, 11) is 0. The standard InChI is InChI=1S/C13H20N2O2.ClH/c1-2-17-9-8-15-13(16)12(14)10-11-6-4-3-5-7-11;/h3-7,12H,2,8-10,14H2,1H3,(H,15,16);1H/t12-;/m0./s1. The molecular formula is C13H21ClN2O2. The average Bonchev–Trinajstić information content (AvgIpc) is 2.35. The lowest BCUT2D eigenvalue weighted by atomic mass is 10.1. The monoisotopic (exact) mass is 272 g/mol. The molecule has 0 radical (unpaired) electrons. The molecule has 0 saturated heterocycles. The largest absolute Gasteiger partial charge is 0.380 e. The molecule has 3 N–H and O–H groups in total. The van der Waals surface area contributed by atoms with E-state index in [1.165, 1.54) is 0 Å². The van der Waals surface area contributed by atoms with E-state index in [0.717, 1.165) is 5.56 Å². The van der Waals surface area contributed by atoms with E-state index in [9.17, 15) is 4.79 Å². The number of hydrogen-bond acceptors (Lipinski definition) is 3. The Hall–Kier alpha value is -1.10. The third kappa shape index (κ3) is 6.59. The molecule has 0 aliphatic heterocycles. The number of amides is 1. The number of nitrogens with two attached hydrogens (primary N) is 1. The van der Waals surface area contributed by atoms with Gasteiger partial charge in [-0.25, -0.2) is 0 Å². The zero-order valence-electron chi connectivity index (χ0n) is 10.6. The Morgan fingerprint density at radius 2 is 2.06 bits per heavy atom. The Bertz CT molecular complexity index is 333. The van der Waals surface area contributed by atoms with Crippen LogP contribution in [0, 0.1) is 0 Å². The minimum Gasteiger partial charge on any atom is -0.380 e. The predicted octanol–water partition coefficient (Wildman–Crippen LogP) is 1.13. The van der Waals surface area contributed by atoms with Crippen molar-refractivity contribution in [3.8, 4) is 0 Å². The number of ether oxygens (including phenoxy) is 1. The van der Waals surface area contributed by atoms with Crippen molar-refractivity contribution in [2.24, 2.45) is 5.73 Å². The van der Waals surface area contributed by atoms with E-state index in [-0.39, 0.29) is 18.3 Å². The fourth-order valence-electron chi connectivity index (χ4n) is 1.48. The maximum atomic E-state index is 11.6. The molecule has 0 spiro atoms. The summed E-state index contributed by atoms with van der Waals surface area (Å²) in [5, 5.41) is 2.75. The molecule has 0 bridgehead atoms. The summed E-state index contributed by atoms with van der Waals surface area (Å²) in [5.41, 5.74) is 6.88. The Kier molecular flexibility index (Phi) is 9.28. The van der Waals surface area contributed by atoms with E-state index < -0.39 is 6.04 Å². The van der Waals surface area contributed by atoms with Gasteiger partial charge in [0.15, 0.2) is 0 Å². The third-order valence-electron chi connectivity index (χ3n) is 2.38. The highest BCUT2D eigenvalue weighted by Crippen LogP contribution is 2.01. The van der Waals surface area contributed by atoms with Gasteiger partial charge >= 0.3 is 0 Å². The molecule has 0 aromatic heterocycles. The van der Waals surface area contributed by atoms with Crippen molar-refractivity contribution in [2.45, 2.75) is 19.4 Å². The number of rotatable bonds is 7. The fourth-order valence-corrected chi connectivity index (χ4v) is 1.48. The number of hydrogen-bond donors (Lipinski definition) is 2. The van der Waals surface area contributed by atoms with E-state index in [4.69, 9.17) is 10.5 Å². The summed E-state index contributed by atoms with van der Waals surface area (Å²) in [6, 6.07) is 9.25. The van der Waals surface area contributed by atoms with E-state index in [2.05, 4.69) is 5.32 Å². The Labute approximate surface area is 114 Å². The van der Waals surface area contributed by atoms with Crippen molar-refractivity contribution in [3.63, 3.8) is 0 Å². The van der Waals surface area contributed by atoms with Gasteiger partial charge in [0.05, 0.1) is 12.6 Å². The molecule has 0 unspecified atom stereocenters. The van der Waals surface area contributed by atoms with E-state index >= 15 is 0 Å². The van der Waals surface area contributed by atoms with Crippen LogP contribution in [-0.4, -0.2) is 31.7 Å². The molecule has 18 heavy (non-hydrogen) atoms. The lowest BCUT2D eigenvalue weighted by Gasteiger charge is -2.12. The lowest BCUT2D eigenvalue weighted by Crippen LogP contribution is -2.43. The highest BCUT2D eigenvalue weighted by atomic mass is 35.5. The molecule has 0 heterocycles. The van der Waals surface area contributed by atoms with Gasteiger partial charge in [0.2, 0.25) is 5.91 Å². The van der Waals surface area contributed by atoms with Gasteiger partial charge < -0.3 is 15.8 Å². The van der Waals surface area contributed by atoms with Gasteiger partial charge in [-0.2, -0.15) is 0 Å². The highest BCUT2D eigenvalue weighted by Gasteiger charge is 2.12. The van der Waals surface area contributed by atoms with E-state index in [0.29, 0.717) is 26.2 Å². The maximum absolute atomic E-state index is 11.6. The Morgan fingerprint density at radius 3 is 2.67 bits per heavy atom. The molecule has 1 rings (SSSR count). The van der Waals surface area contributed by atoms with Crippen molar-refractivity contribution < 1.29 is 9.53 Å². The highest BCUT2D eigenvalue weighted by molar-refractivity contribution is 5.85. The number of halogens is 1. The normalized spacial score (nSPS) is 11.4. The molecule has 4 nitrogen and oxygen atoms in total. The number of nitrogens with one attached hydrogen (secondary N) is 1. The van der Waals surface area contributed by atoms with Crippen molar-refractivity contribution in [3.05, 3.63) is 35.9 Å². The molecule has 5 heteroatoms. The zero-order chi connectivity index (χ0) is 12.5. The Morgan fingerprint density at radius 1 is 1.39 bits per heavy atom. The molecule has 0 aliphatic rings. The Balaban J connectivity index is 0.00000289. The lowest BCUT2D eigenvalue weighted by molar-refractivity contribution is -0.122. The summed E-state index contributed by atoms with van der Waals surface area (Å²) in [5.74, 6) is -0.131. The number of carbonyl (C=O) groups excluding carboxylic acids is 1. The molecule has 0 fully saturated rings. The van der Waals surface area contributed by atoms with Crippen molar-refractivity contribution in [1.82, 2.24) is 5.32 Å². The first-order valence-corrected chi connectivity index (χ1v) is 5.89. The SMILES string of the molecule is CCOCCNC(=O)[C@@H](N)Cc1ccccc1.Cl. The second-order valence-corrected chi connectivity index (χ2v) is 3.78. The molecule has 1 atom stereocenters. The first kappa shape index (κ1) is 16.9. The van der Waals surface area contributed by atoms with Crippen LogP contribution in [0.15, 0.2) is 30.3 Å². The fraction of sp³-hybridized carbons (Fsp3) is 0.462. The predicted molar refractivity (Wildman–Crippen MR) is 74.9 cm³/mol. The van der Waals surface area contributed by atoms with E-state index in [1.807, 2.05) is 37.3 Å². The van der Waals surface area contributed by atoms with Crippen LogP contribution in [0.1, 0.15) is 12.5 Å². The zero-order valence-corrected chi connectivity index (χ0v) is 11.4. The van der Waals surface area contributed by atoms with E-state index in [1.54, 1.807) is 0 Å². The van der Waals surface area contributed by atoms with Gasteiger partial charge in [0.25, 0.3) is 0 Å². The van der Waals surface area contributed by atoms with Gasteiger partial charge in [-0.15, -0.1) is 12.4 Å². The number of benzene rings is 1. The van der Waals surface area contributed by atoms with Crippen LogP contribution in [0.2, 0.25) is 0 Å². The minimum absolute atomic E-state index is 0. The molecule has 1 amide bonds. The summed E-state index contributed by atoms with van der Waals surface area (Å²) in [4.78, 5) is 11.6. The van der Waals surface area contributed by atoms with Crippen LogP contribution in [0.5, 0.6) is 0 Å². The molecule has 1 aromatic rings. The molecule has 1 aromatic carbocycles. The summed E-state index contributed by atoms with van der Waals surface area (Å²) in [6.45, 7) is 3.62. The molecule has 0 aliphatic carbocycles.